The molecule has 0 heterocycles. The summed E-state index contributed by atoms with van der Waals surface area (Å²) >= 11 is 0. The lowest BCUT2D eigenvalue weighted by molar-refractivity contribution is -0.185. The Balaban J connectivity index is 1.70. The highest BCUT2D eigenvalue weighted by molar-refractivity contribution is 6.01. The van der Waals surface area contributed by atoms with Crippen LogP contribution in [0.3, 0.4) is 0 Å². The van der Waals surface area contributed by atoms with E-state index in [0.717, 1.165) is 18.4 Å². The average Bonchev–Trinajstić information content (AvgIpc) is 2.87. The van der Waals surface area contributed by atoms with Gasteiger partial charge in [-0.25, -0.2) is 0 Å². The number of hydrogen-bond acceptors (Lipinski definition) is 6. The van der Waals surface area contributed by atoms with Crippen molar-refractivity contribution in [3.8, 4) is 0 Å². The first-order valence-electron chi connectivity index (χ1n) is 11.0. The van der Waals surface area contributed by atoms with Crippen LogP contribution in [0.15, 0.2) is 23.8 Å². The van der Waals surface area contributed by atoms with E-state index in [0.29, 0.717) is 12.8 Å². The Bertz CT molecular complexity index is 858. The monoisotopic (exact) mass is 416 g/mol. The number of fused-ring (bicyclic) bond motifs is 5. The highest BCUT2D eigenvalue weighted by atomic mass is 16.5. The van der Waals surface area contributed by atoms with Crippen LogP contribution < -0.4 is 0 Å². The van der Waals surface area contributed by atoms with Crippen molar-refractivity contribution in [2.75, 3.05) is 6.61 Å². The smallest absolute Gasteiger partial charge is 0.303 e. The summed E-state index contributed by atoms with van der Waals surface area (Å²) in [5, 5.41) is 23.1. The van der Waals surface area contributed by atoms with Crippen LogP contribution in [0, 0.1) is 34.5 Å². The summed E-state index contributed by atoms with van der Waals surface area (Å²) in [5.74, 6) is -1.19. The number of ether oxygens (including phenoxy) is 1. The first-order valence-corrected chi connectivity index (χ1v) is 11.0. The summed E-state index contributed by atoms with van der Waals surface area (Å²) in [6.45, 7) is 6.69. The Kier molecular flexibility index (Phi) is 4.90. The first kappa shape index (κ1) is 21.4. The topological polar surface area (TPSA) is 101 Å². The van der Waals surface area contributed by atoms with Crippen molar-refractivity contribution in [3.63, 3.8) is 0 Å². The van der Waals surface area contributed by atoms with Crippen molar-refractivity contribution < 1.29 is 29.3 Å². The molecular formula is C24H32O6. The van der Waals surface area contributed by atoms with Crippen LogP contribution in [0.25, 0.3) is 0 Å². The maximum atomic E-state index is 13.1. The summed E-state index contributed by atoms with van der Waals surface area (Å²) < 4.78 is 4.93. The molecule has 0 aromatic rings. The molecule has 8 atom stereocenters. The van der Waals surface area contributed by atoms with E-state index >= 15 is 0 Å². The lowest BCUT2D eigenvalue weighted by Gasteiger charge is -2.59. The van der Waals surface area contributed by atoms with E-state index in [1.54, 1.807) is 12.2 Å². The van der Waals surface area contributed by atoms with Crippen molar-refractivity contribution in [3.05, 3.63) is 23.8 Å². The number of hydrogen-bond donors (Lipinski definition) is 2. The van der Waals surface area contributed by atoms with Gasteiger partial charge >= 0.3 is 5.97 Å². The van der Waals surface area contributed by atoms with Crippen LogP contribution in [-0.2, 0) is 19.1 Å². The molecular weight excluding hydrogens is 384 g/mol. The van der Waals surface area contributed by atoms with Gasteiger partial charge in [0.2, 0.25) is 5.78 Å². The minimum absolute atomic E-state index is 0.00371. The van der Waals surface area contributed by atoms with Crippen LogP contribution >= 0.6 is 0 Å². The van der Waals surface area contributed by atoms with Crippen LogP contribution in [-0.4, -0.2) is 46.1 Å². The van der Waals surface area contributed by atoms with Gasteiger partial charge in [-0.05, 0) is 55.6 Å². The number of aliphatic hydroxyl groups is 2. The van der Waals surface area contributed by atoms with Crippen LogP contribution in [0.1, 0.15) is 53.4 Å². The molecule has 3 saturated carbocycles. The van der Waals surface area contributed by atoms with E-state index in [-0.39, 0.29) is 34.9 Å². The molecule has 0 radical (unpaired) electrons. The molecule has 0 aromatic carbocycles. The fourth-order valence-corrected chi connectivity index (χ4v) is 7.53. The molecule has 3 fully saturated rings. The van der Waals surface area contributed by atoms with E-state index in [9.17, 15) is 24.6 Å². The second kappa shape index (κ2) is 6.86. The molecule has 0 spiro atoms. The van der Waals surface area contributed by atoms with Crippen molar-refractivity contribution in [2.45, 2.75) is 65.1 Å². The highest BCUT2D eigenvalue weighted by Gasteiger charge is 2.70. The fourth-order valence-electron chi connectivity index (χ4n) is 7.53. The van der Waals surface area contributed by atoms with Crippen LogP contribution in [0.2, 0.25) is 0 Å². The van der Waals surface area contributed by atoms with Gasteiger partial charge in [-0.1, -0.05) is 32.4 Å². The molecule has 0 aliphatic heterocycles. The number of carbonyl (C=O) groups excluding carboxylic acids is 3. The van der Waals surface area contributed by atoms with Crippen molar-refractivity contribution in [1.29, 1.82) is 0 Å². The number of rotatable bonds is 3. The minimum atomic E-state index is -1.64. The zero-order valence-electron chi connectivity index (χ0n) is 18.2. The predicted molar refractivity (Wildman–Crippen MR) is 109 cm³/mol. The first-order chi connectivity index (χ1) is 13.9. The van der Waals surface area contributed by atoms with Crippen LogP contribution in [0.4, 0.5) is 0 Å². The highest BCUT2D eigenvalue weighted by Crippen LogP contribution is 2.68. The summed E-state index contributed by atoms with van der Waals surface area (Å²) in [6.07, 6.45) is 7.15. The lowest BCUT2D eigenvalue weighted by atomic mass is 9.46. The second-order valence-corrected chi connectivity index (χ2v) is 10.3. The number of allylic oxidation sites excluding steroid dienone is 4. The van der Waals surface area contributed by atoms with Gasteiger partial charge in [0.1, 0.15) is 5.60 Å². The zero-order valence-corrected chi connectivity index (χ0v) is 18.2. The molecule has 30 heavy (non-hydrogen) atoms. The van der Waals surface area contributed by atoms with E-state index < -0.39 is 35.5 Å². The molecule has 4 aliphatic carbocycles. The van der Waals surface area contributed by atoms with E-state index in [1.165, 1.54) is 6.92 Å². The Morgan fingerprint density at radius 3 is 2.67 bits per heavy atom. The van der Waals surface area contributed by atoms with Crippen LogP contribution in [0.5, 0.6) is 0 Å². The quantitative estimate of drug-likeness (QED) is 0.685. The van der Waals surface area contributed by atoms with Gasteiger partial charge < -0.3 is 14.9 Å². The lowest BCUT2D eigenvalue weighted by Crippen LogP contribution is -2.62. The summed E-state index contributed by atoms with van der Waals surface area (Å²) in [7, 11) is 0. The Labute approximate surface area is 177 Å². The number of Topliss-reactive ketones (excluding diaryl/α,β-unsaturated/α-hetero) is 1. The normalized spacial score (nSPS) is 47.1. The van der Waals surface area contributed by atoms with Crippen molar-refractivity contribution in [2.24, 2.45) is 34.5 Å². The van der Waals surface area contributed by atoms with Gasteiger partial charge in [-0.2, -0.15) is 0 Å². The maximum Gasteiger partial charge on any atom is 0.303 e. The van der Waals surface area contributed by atoms with Gasteiger partial charge in [0, 0.05) is 23.7 Å². The Morgan fingerprint density at radius 2 is 2.00 bits per heavy atom. The van der Waals surface area contributed by atoms with E-state index in [4.69, 9.17) is 4.74 Å². The van der Waals surface area contributed by atoms with Crippen molar-refractivity contribution >= 4 is 17.5 Å². The third-order valence-electron chi connectivity index (χ3n) is 8.91. The third-order valence-corrected chi connectivity index (χ3v) is 8.91. The molecule has 0 unspecified atom stereocenters. The molecule has 0 bridgehead atoms. The number of esters is 1. The standard InChI is InChI=1S/C24H32O6/c1-13-9-18-17-6-5-15-10-16(26)7-8-22(15,3)21(17)19(27)11-23(18,4)24(13,29)20(28)12-30-14(2)25/h7-8,10,13,17-19,21,27,29H,5-6,9,11-12H2,1-4H3/t13-,17+,18-,19-,21+,22+,23+,24+/m1/s1. The molecule has 0 amide bonds. The van der Waals surface area contributed by atoms with Gasteiger partial charge in [0.15, 0.2) is 12.4 Å². The molecule has 6 nitrogen and oxygen atoms in total. The largest absolute Gasteiger partial charge is 0.458 e. The predicted octanol–water partition coefficient (Wildman–Crippen LogP) is 2.37. The number of ketones is 2. The fraction of sp³-hybridized carbons (Fsp3) is 0.708. The van der Waals surface area contributed by atoms with Gasteiger partial charge in [-0.15, -0.1) is 0 Å². The number of aliphatic hydroxyl groups excluding tert-OH is 1. The summed E-state index contributed by atoms with van der Waals surface area (Å²) in [5.41, 5.74) is -1.75. The summed E-state index contributed by atoms with van der Waals surface area (Å²) in [6, 6.07) is 0. The third kappa shape index (κ3) is 2.72. The van der Waals surface area contributed by atoms with Gasteiger partial charge in [0.05, 0.1) is 6.10 Å². The minimum Gasteiger partial charge on any atom is -0.458 e. The molecule has 4 rings (SSSR count). The molecule has 6 heteroatoms. The second-order valence-electron chi connectivity index (χ2n) is 10.3. The zero-order chi connectivity index (χ0) is 22.1. The average molecular weight is 417 g/mol. The molecule has 4 aliphatic rings. The Hall–Kier alpha value is -1.79. The molecule has 164 valence electrons. The van der Waals surface area contributed by atoms with Gasteiger partial charge in [-0.3, -0.25) is 14.4 Å². The van der Waals surface area contributed by atoms with E-state index in [1.807, 2.05) is 19.9 Å². The molecule has 2 N–H and O–H groups in total. The van der Waals surface area contributed by atoms with Crippen molar-refractivity contribution in [1.82, 2.24) is 0 Å². The molecule has 0 aromatic heterocycles. The maximum absolute atomic E-state index is 13.1. The number of carbonyl (C=O) groups is 3. The molecule has 0 saturated heterocycles. The van der Waals surface area contributed by atoms with E-state index in [2.05, 4.69) is 6.92 Å². The van der Waals surface area contributed by atoms with Gasteiger partial charge in [0.25, 0.3) is 0 Å². The Morgan fingerprint density at radius 1 is 1.30 bits per heavy atom. The summed E-state index contributed by atoms with van der Waals surface area (Å²) in [4.78, 5) is 36.2. The SMILES string of the molecule is CC(=O)OCC(=O)[C@@]1(O)[C@H](C)C[C@@H]2[C@@H]3CCC4=CC(=O)C=C[C@]4(C)[C@@H]3[C@H](O)C[C@@]21C.